The summed E-state index contributed by atoms with van der Waals surface area (Å²) >= 11 is 0. The first-order valence-electron chi connectivity index (χ1n) is 8.95. The van der Waals surface area contributed by atoms with E-state index in [4.69, 9.17) is 5.73 Å². The Kier molecular flexibility index (Phi) is 7.38. The minimum Gasteiger partial charge on any atom is -0.370 e. The van der Waals surface area contributed by atoms with Crippen LogP contribution in [0.2, 0.25) is 0 Å². The van der Waals surface area contributed by atoms with Crippen molar-refractivity contribution in [3.63, 3.8) is 0 Å². The summed E-state index contributed by atoms with van der Waals surface area (Å²) in [6.45, 7) is 4.78. The van der Waals surface area contributed by atoms with Crippen molar-refractivity contribution in [2.75, 3.05) is 13.6 Å². The van der Waals surface area contributed by atoms with Crippen LogP contribution < -0.4 is 11.1 Å². The largest absolute Gasteiger partial charge is 0.370 e. The maximum atomic E-state index is 12.5. The van der Waals surface area contributed by atoms with Gasteiger partial charge in [0.15, 0.2) is 5.96 Å². The molecule has 0 unspecified atom stereocenters. The van der Waals surface area contributed by atoms with Crippen LogP contribution in [0.4, 0.5) is 0 Å². The second-order valence-corrected chi connectivity index (χ2v) is 8.62. The van der Waals surface area contributed by atoms with E-state index >= 15 is 0 Å². The molecule has 6 nitrogen and oxygen atoms in total. The number of benzene rings is 2. The second kappa shape index (κ2) is 9.53. The molecule has 0 bridgehead atoms. The van der Waals surface area contributed by atoms with Crippen molar-refractivity contribution in [1.29, 1.82) is 0 Å². The molecule has 0 amide bonds. The van der Waals surface area contributed by atoms with E-state index in [0.717, 1.165) is 12.0 Å². The average molecular weight is 389 g/mol. The van der Waals surface area contributed by atoms with E-state index in [1.54, 1.807) is 31.3 Å². The van der Waals surface area contributed by atoms with Gasteiger partial charge in [-0.05, 0) is 43.5 Å². The molecule has 146 valence electrons. The zero-order valence-corrected chi connectivity index (χ0v) is 16.9. The summed E-state index contributed by atoms with van der Waals surface area (Å²) in [6.07, 6.45) is 0.868. The lowest BCUT2D eigenvalue weighted by Gasteiger charge is -2.21. The van der Waals surface area contributed by atoms with Crippen molar-refractivity contribution < 1.29 is 8.42 Å². The van der Waals surface area contributed by atoms with Gasteiger partial charge in [-0.25, -0.2) is 13.4 Å². The zero-order valence-electron chi connectivity index (χ0n) is 16.1. The van der Waals surface area contributed by atoms with E-state index < -0.39 is 10.0 Å². The van der Waals surface area contributed by atoms with Gasteiger partial charge in [0.2, 0.25) is 10.0 Å². The number of guanidine groups is 1. The predicted octanol–water partition coefficient (Wildman–Crippen LogP) is 2.36. The average Bonchev–Trinajstić information content (AvgIpc) is 2.67. The van der Waals surface area contributed by atoms with E-state index in [-0.39, 0.29) is 10.9 Å². The molecule has 2 aromatic carbocycles. The quantitative estimate of drug-likeness (QED) is 0.537. The molecule has 0 aromatic heterocycles. The van der Waals surface area contributed by atoms with Crippen LogP contribution >= 0.6 is 0 Å². The molecular weight excluding hydrogens is 360 g/mol. The van der Waals surface area contributed by atoms with Crippen molar-refractivity contribution in [2.24, 2.45) is 10.7 Å². The lowest BCUT2D eigenvalue weighted by Crippen LogP contribution is -2.33. The number of sulfonamides is 1. The van der Waals surface area contributed by atoms with Crippen LogP contribution in [0.25, 0.3) is 0 Å². The fourth-order valence-electron chi connectivity index (χ4n) is 2.42. The molecule has 0 heterocycles. The Balaban J connectivity index is 1.89. The number of nitrogens with zero attached hydrogens (tertiary/aromatic N) is 2. The van der Waals surface area contributed by atoms with Gasteiger partial charge in [-0.15, -0.1) is 0 Å². The first-order chi connectivity index (χ1) is 12.8. The van der Waals surface area contributed by atoms with Crippen LogP contribution in [-0.4, -0.2) is 38.3 Å². The molecule has 2 aromatic rings. The fourth-order valence-corrected chi connectivity index (χ4v) is 3.79. The molecule has 27 heavy (non-hydrogen) atoms. The molecule has 2 rings (SSSR count). The highest BCUT2D eigenvalue weighted by Gasteiger charge is 2.22. The molecule has 0 fully saturated rings. The van der Waals surface area contributed by atoms with Crippen molar-refractivity contribution in [2.45, 2.75) is 37.8 Å². The van der Waals surface area contributed by atoms with Gasteiger partial charge >= 0.3 is 0 Å². The Morgan fingerprint density at radius 3 is 2.30 bits per heavy atom. The lowest BCUT2D eigenvalue weighted by atomic mass is 10.1. The normalized spacial score (nSPS) is 12.6. The fraction of sp³-hybridized carbons (Fsp3) is 0.350. The van der Waals surface area contributed by atoms with Crippen LogP contribution in [0.3, 0.4) is 0 Å². The second-order valence-electron chi connectivity index (χ2n) is 6.62. The highest BCUT2D eigenvalue weighted by molar-refractivity contribution is 7.89. The molecule has 0 aliphatic carbocycles. The molecule has 3 N–H and O–H groups in total. The summed E-state index contributed by atoms with van der Waals surface area (Å²) in [5.74, 6) is 0.377. The minimum atomic E-state index is -3.46. The Hall–Kier alpha value is -2.38. The molecule has 0 saturated carbocycles. The molecular formula is C20H28N4O2S. The van der Waals surface area contributed by atoms with Gasteiger partial charge < -0.3 is 11.1 Å². The highest BCUT2D eigenvalue weighted by Crippen LogP contribution is 2.17. The molecule has 0 aliphatic rings. The monoisotopic (exact) mass is 388 g/mol. The third kappa shape index (κ3) is 6.08. The predicted molar refractivity (Wildman–Crippen MR) is 110 cm³/mol. The standard InChI is InChI=1S/C20H28N4O2S/c1-16(2)24(3)27(25,26)19-11-9-18(10-12-19)15-23-20(21)22-14-13-17-7-5-4-6-8-17/h4-12,16H,13-15H2,1-3H3,(H3,21,22,23). The molecule has 0 saturated heterocycles. The number of aliphatic imine (C=N–C) groups is 1. The SMILES string of the molecule is CC(C)N(C)S(=O)(=O)c1ccc(CN=C(N)NCCc2ccccc2)cc1. The number of rotatable bonds is 8. The molecule has 0 atom stereocenters. The summed E-state index contributed by atoms with van der Waals surface area (Å²) in [7, 11) is -1.88. The first-order valence-corrected chi connectivity index (χ1v) is 10.4. The van der Waals surface area contributed by atoms with Gasteiger partial charge in [0.25, 0.3) is 0 Å². The molecule has 0 radical (unpaired) electrons. The van der Waals surface area contributed by atoms with Crippen molar-refractivity contribution >= 4 is 16.0 Å². The smallest absolute Gasteiger partial charge is 0.243 e. The maximum Gasteiger partial charge on any atom is 0.243 e. The van der Waals surface area contributed by atoms with Crippen LogP contribution in [0, 0.1) is 0 Å². The number of hydrogen-bond donors (Lipinski definition) is 2. The topological polar surface area (TPSA) is 87.8 Å². The van der Waals surface area contributed by atoms with Gasteiger partial charge in [-0.1, -0.05) is 42.5 Å². The van der Waals surface area contributed by atoms with E-state index in [1.807, 2.05) is 32.0 Å². The first kappa shape index (κ1) is 20.9. The Bertz CT molecular complexity index is 847. The maximum absolute atomic E-state index is 12.5. The van der Waals surface area contributed by atoms with Crippen LogP contribution in [0.15, 0.2) is 64.5 Å². The Morgan fingerprint density at radius 2 is 1.70 bits per heavy atom. The summed E-state index contributed by atoms with van der Waals surface area (Å²) < 4.78 is 26.3. The summed E-state index contributed by atoms with van der Waals surface area (Å²) in [4.78, 5) is 4.58. The number of nitrogens with two attached hydrogens (primary N) is 1. The van der Waals surface area contributed by atoms with E-state index in [9.17, 15) is 8.42 Å². The van der Waals surface area contributed by atoms with Gasteiger partial charge in [-0.2, -0.15) is 4.31 Å². The van der Waals surface area contributed by atoms with Crippen molar-refractivity contribution in [3.05, 3.63) is 65.7 Å². The van der Waals surface area contributed by atoms with Gasteiger partial charge in [0, 0.05) is 19.6 Å². The third-order valence-electron chi connectivity index (χ3n) is 4.32. The van der Waals surface area contributed by atoms with Gasteiger partial charge in [0.1, 0.15) is 0 Å². The van der Waals surface area contributed by atoms with Gasteiger partial charge in [0.05, 0.1) is 11.4 Å². The van der Waals surface area contributed by atoms with E-state index in [1.165, 1.54) is 9.87 Å². The summed E-state index contributed by atoms with van der Waals surface area (Å²) in [5.41, 5.74) is 8.03. The minimum absolute atomic E-state index is 0.0963. The highest BCUT2D eigenvalue weighted by atomic mass is 32.2. The zero-order chi connectivity index (χ0) is 19.9. The summed E-state index contributed by atoms with van der Waals surface area (Å²) in [5, 5.41) is 3.09. The lowest BCUT2D eigenvalue weighted by molar-refractivity contribution is 0.410. The molecule has 7 heteroatoms. The molecule has 0 spiro atoms. The summed E-state index contributed by atoms with van der Waals surface area (Å²) in [6, 6.07) is 16.8. The van der Waals surface area contributed by atoms with Crippen LogP contribution in [0.5, 0.6) is 0 Å². The molecule has 0 aliphatic heterocycles. The van der Waals surface area contributed by atoms with Crippen molar-refractivity contribution in [3.8, 4) is 0 Å². The Morgan fingerprint density at radius 1 is 1.07 bits per heavy atom. The van der Waals surface area contributed by atoms with Crippen LogP contribution in [0.1, 0.15) is 25.0 Å². The van der Waals surface area contributed by atoms with Crippen LogP contribution in [-0.2, 0) is 23.0 Å². The van der Waals surface area contributed by atoms with E-state index in [0.29, 0.717) is 19.0 Å². The van der Waals surface area contributed by atoms with Gasteiger partial charge in [-0.3, -0.25) is 0 Å². The van der Waals surface area contributed by atoms with Crippen molar-refractivity contribution in [1.82, 2.24) is 9.62 Å². The van der Waals surface area contributed by atoms with E-state index in [2.05, 4.69) is 22.4 Å². The number of nitrogens with one attached hydrogen (secondary N) is 1. The third-order valence-corrected chi connectivity index (χ3v) is 6.37. The Labute approximate surface area is 162 Å². The number of hydrogen-bond acceptors (Lipinski definition) is 3.